The van der Waals surface area contributed by atoms with Crippen molar-refractivity contribution in [2.75, 3.05) is 29.4 Å². The number of hydrogen-bond acceptors (Lipinski definition) is 8. The van der Waals surface area contributed by atoms with Gasteiger partial charge in [0.25, 0.3) is 5.95 Å². The van der Waals surface area contributed by atoms with Gasteiger partial charge in [0.1, 0.15) is 23.1 Å². The summed E-state index contributed by atoms with van der Waals surface area (Å²) in [4.78, 5) is 12.0. The third-order valence-electron chi connectivity index (χ3n) is 4.04. The van der Waals surface area contributed by atoms with E-state index in [9.17, 15) is 13.6 Å². The molecule has 0 atom stereocenters. The lowest BCUT2D eigenvalue weighted by molar-refractivity contribution is -0.113. The molecule has 0 saturated heterocycles. The zero-order valence-corrected chi connectivity index (χ0v) is 17.4. The fourth-order valence-electron chi connectivity index (χ4n) is 2.42. The van der Waals surface area contributed by atoms with Crippen molar-refractivity contribution >= 4 is 35.0 Å². The van der Waals surface area contributed by atoms with Crippen molar-refractivity contribution in [3.8, 4) is 5.75 Å². The van der Waals surface area contributed by atoms with Crippen LogP contribution in [0.5, 0.6) is 5.75 Å². The van der Waals surface area contributed by atoms with Crippen LogP contribution in [0.25, 0.3) is 0 Å². The lowest BCUT2D eigenvalue weighted by atomic mass is 10.1. The third kappa shape index (κ3) is 5.48. The Labute approximate surface area is 180 Å². The van der Waals surface area contributed by atoms with E-state index in [2.05, 4.69) is 26.0 Å². The average Bonchev–Trinajstić information content (AvgIpc) is 3.12. The number of ether oxygens (including phenoxy) is 1. The first-order valence-corrected chi connectivity index (χ1v) is 9.89. The predicted molar refractivity (Wildman–Crippen MR) is 115 cm³/mol. The highest BCUT2D eigenvalue weighted by atomic mass is 32.2. The van der Waals surface area contributed by atoms with Crippen LogP contribution in [0.2, 0.25) is 0 Å². The Morgan fingerprint density at radius 1 is 1.23 bits per heavy atom. The van der Waals surface area contributed by atoms with Gasteiger partial charge in [0.15, 0.2) is 0 Å². The molecule has 0 aliphatic heterocycles. The van der Waals surface area contributed by atoms with Gasteiger partial charge in [-0.15, -0.1) is 10.2 Å². The molecule has 0 bridgehead atoms. The highest BCUT2D eigenvalue weighted by molar-refractivity contribution is 7.99. The van der Waals surface area contributed by atoms with Gasteiger partial charge < -0.3 is 15.9 Å². The maximum absolute atomic E-state index is 13.6. The molecule has 0 aliphatic rings. The van der Waals surface area contributed by atoms with E-state index in [0.717, 1.165) is 34.1 Å². The average molecular weight is 447 g/mol. The second-order valence-electron chi connectivity index (χ2n) is 6.15. The van der Waals surface area contributed by atoms with Crippen LogP contribution in [0.4, 0.5) is 20.4 Å². The molecule has 0 spiro atoms. The topological polar surface area (TPSA) is 119 Å². The largest absolute Gasteiger partial charge is 0.497 e. The Morgan fingerprint density at radius 3 is 2.65 bits per heavy atom. The molecule has 0 unspecified atom stereocenters. The molecular formula is C19H19F2N7O2S. The second kappa shape index (κ2) is 9.89. The Kier molecular flexibility index (Phi) is 7.03. The minimum absolute atomic E-state index is 0.144. The lowest BCUT2D eigenvalue weighted by Crippen LogP contribution is -2.18. The van der Waals surface area contributed by atoms with Crippen molar-refractivity contribution in [1.82, 2.24) is 14.9 Å². The number of thioether (sulfide) groups is 1. The monoisotopic (exact) mass is 447 g/mol. The Hall–Kier alpha value is -3.67. The van der Waals surface area contributed by atoms with Gasteiger partial charge in [-0.25, -0.2) is 18.9 Å². The van der Waals surface area contributed by atoms with Gasteiger partial charge in [0.05, 0.1) is 18.6 Å². The standard InChI is InChI=1S/C19H19F2N7O2S/c1-11(12-5-3-6-13(9-12)30-2)24-25-18-26-27-19(28(18)22)31-10-16(29)23-17-14(20)7-4-8-15(17)21/h3-9H,10,22H2,1-2H3,(H,23,29)(H,25,26)/b24-11+. The molecule has 1 heterocycles. The number of hydrogen-bond donors (Lipinski definition) is 3. The molecule has 12 heteroatoms. The van der Waals surface area contributed by atoms with E-state index in [0.29, 0.717) is 11.5 Å². The number of nitrogens with two attached hydrogens (primary N) is 1. The van der Waals surface area contributed by atoms with Gasteiger partial charge in [0, 0.05) is 5.56 Å². The number of benzene rings is 2. The molecule has 3 rings (SSSR count). The zero-order valence-electron chi connectivity index (χ0n) is 16.6. The van der Waals surface area contributed by atoms with Gasteiger partial charge in [0.2, 0.25) is 11.1 Å². The van der Waals surface area contributed by atoms with Crippen LogP contribution >= 0.6 is 11.8 Å². The summed E-state index contributed by atoms with van der Waals surface area (Å²) in [6.07, 6.45) is 0. The van der Waals surface area contributed by atoms with E-state index in [1.54, 1.807) is 14.0 Å². The highest BCUT2D eigenvalue weighted by Gasteiger charge is 2.15. The van der Waals surface area contributed by atoms with Crippen LogP contribution in [-0.2, 0) is 4.79 Å². The summed E-state index contributed by atoms with van der Waals surface area (Å²) in [6.45, 7) is 1.79. The van der Waals surface area contributed by atoms with E-state index in [4.69, 9.17) is 10.6 Å². The maximum atomic E-state index is 13.6. The number of amides is 1. The van der Waals surface area contributed by atoms with Gasteiger partial charge in [-0.1, -0.05) is 30.0 Å². The number of nitrogens with one attached hydrogen (secondary N) is 2. The zero-order chi connectivity index (χ0) is 22.4. The number of nitrogens with zero attached hydrogens (tertiary/aromatic N) is 4. The quantitative estimate of drug-likeness (QED) is 0.210. The number of methoxy groups -OCH3 is 1. The van der Waals surface area contributed by atoms with Crippen molar-refractivity contribution in [3.05, 3.63) is 59.7 Å². The van der Waals surface area contributed by atoms with Crippen LogP contribution < -0.4 is 21.3 Å². The van der Waals surface area contributed by atoms with Crippen LogP contribution in [-0.4, -0.2) is 39.4 Å². The molecule has 0 radical (unpaired) electrons. The molecule has 0 fully saturated rings. The molecule has 0 aliphatic carbocycles. The first-order chi connectivity index (χ1) is 14.9. The van der Waals surface area contributed by atoms with Crippen molar-refractivity contribution in [1.29, 1.82) is 0 Å². The number of rotatable bonds is 8. The fourth-order valence-corrected chi connectivity index (χ4v) is 3.08. The van der Waals surface area contributed by atoms with Crippen molar-refractivity contribution in [2.24, 2.45) is 5.10 Å². The number of hydrazone groups is 1. The van der Waals surface area contributed by atoms with Gasteiger partial charge in [-0.05, 0) is 31.2 Å². The summed E-state index contributed by atoms with van der Waals surface area (Å²) in [5.41, 5.74) is 3.69. The van der Waals surface area contributed by atoms with Crippen LogP contribution in [0, 0.1) is 11.6 Å². The smallest absolute Gasteiger partial charge is 0.264 e. The number of aromatic nitrogens is 3. The first-order valence-electron chi connectivity index (χ1n) is 8.91. The fraction of sp³-hybridized carbons (Fsp3) is 0.158. The van der Waals surface area contributed by atoms with Gasteiger partial charge in [-0.3, -0.25) is 4.79 Å². The van der Waals surface area contributed by atoms with Crippen LogP contribution in [0.1, 0.15) is 12.5 Å². The predicted octanol–water partition coefficient (Wildman–Crippen LogP) is 2.85. The maximum Gasteiger partial charge on any atom is 0.264 e. The summed E-state index contributed by atoms with van der Waals surface area (Å²) in [5.74, 6) is 4.23. The minimum Gasteiger partial charge on any atom is -0.497 e. The van der Waals surface area contributed by atoms with Crippen molar-refractivity contribution < 1.29 is 18.3 Å². The van der Waals surface area contributed by atoms with Gasteiger partial charge >= 0.3 is 0 Å². The van der Waals surface area contributed by atoms with Gasteiger partial charge in [-0.2, -0.15) is 5.10 Å². The molecule has 4 N–H and O–H groups in total. The summed E-state index contributed by atoms with van der Waals surface area (Å²) in [6, 6.07) is 10.7. The first kappa shape index (κ1) is 22.0. The number of halogens is 2. The van der Waals surface area contributed by atoms with E-state index in [1.807, 2.05) is 24.3 Å². The molecule has 1 aromatic heterocycles. The summed E-state index contributed by atoms with van der Waals surface area (Å²) in [7, 11) is 1.58. The second-order valence-corrected chi connectivity index (χ2v) is 7.09. The SMILES string of the molecule is COc1cccc(/C(C)=N/Nc2nnc(SCC(=O)Nc3c(F)cccc3F)n2N)c1. The normalized spacial score (nSPS) is 11.3. The highest BCUT2D eigenvalue weighted by Crippen LogP contribution is 2.21. The molecule has 1 amide bonds. The summed E-state index contributed by atoms with van der Waals surface area (Å²) >= 11 is 0.945. The van der Waals surface area contributed by atoms with Crippen LogP contribution in [0.15, 0.2) is 52.7 Å². The summed E-state index contributed by atoms with van der Waals surface area (Å²) < 4.78 is 33.5. The Balaban J connectivity index is 1.60. The third-order valence-corrected chi connectivity index (χ3v) is 4.98. The number of carbonyl (C=O) groups excluding carboxylic acids is 1. The van der Waals surface area contributed by atoms with E-state index in [1.165, 1.54) is 6.07 Å². The molecule has 3 aromatic rings. The Bertz CT molecular complexity index is 1100. The van der Waals surface area contributed by atoms with Crippen molar-refractivity contribution in [3.63, 3.8) is 0 Å². The van der Waals surface area contributed by atoms with Crippen LogP contribution in [0.3, 0.4) is 0 Å². The molecule has 2 aromatic carbocycles. The lowest BCUT2D eigenvalue weighted by Gasteiger charge is -2.07. The molecule has 9 nitrogen and oxygen atoms in total. The minimum atomic E-state index is -0.865. The van der Waals surface area contributed by atoms with E-state index < -0.39 is 23.2 Å². The molecule has 31 heavy (non-hydrogen) atoms. The number of nitrogen functional groups attached to an aromatic ring is 1. The van der Waals surface area contributed by atoms with E-state index >= 15 is 0 Å². The Morgan fingerprint density at radius 2 is 1.94 bits per heavy atom. The number of para-hydroxylation sites is 1. The summed E-state index contributed by atoms with van der Waals surface area (Å²) in [5, 5.41) is 14.4. The van der Waals surface area contributed by atoms with E-state index in [-0.39, 0.29) is 16.9 Å². The van der Waals surface area contributed by atoms with Crippen molar-refractivity contribution in [2.45, 2.75) is 12.1 Å². The number of anilines is 2. The number of carbonyl (C=O) groups is 1. The molecule has 0 saturated carbocycles. The molecule has 162 valence electrons. The molecular weight excluding hydrogens is 428 g/mol.